The zero-order chi connectivity index (χ0) is 14.3. The Bertz CT molecular complexity index is 361. The van der Waals surface area contributed by atoms with Gasteiger partial charge in [-0.2, -0.15) is 0 Å². The van der Waals surface area contributed by atoms with Crippen molar-refractivity contribution in [3.63, 3.8) is 0 Å². The molecule has 0 atom stereocenters. The molecule has 1 N–H and O–H groups in total. The van der Waals surface area contributed by atoms with Gasteiger partial charge in [0.2, 0.25) is 0 Å². The van der Waals surface area contributed by atoms with Gasteiger partial charge in [0.25, 0.3) is 0 Å². The highest BCUT2D eigenvalue weighted by atomic mass is 32.2. The van der Waals surface area contributed by atoms with Crippen LogP contribution in [0, 0.1) is 0 Å². The maximum Gasteiger partial charge on any atom is 0.191 e. The van der Waals surface area contributed by atoms with Crippen molar-refractivity contribution in [2.24, 2.45) is 0 Å². The van der Waals surface area contributed by atoms with E-state index in [2.05, 4.69) is 46.1 Å². The summed E-state index contributed by atoms with van der Waals surface area (Å²) >= 11 is 1.57. The van der Waals surface area contributed by atoms with Crippen LogP contribution in [0.25, 0.3) is 0 Å². The number of rotatable bonds is 8. The monoisotopic (exact) mass is 283 g/mol. The van der Waals surface area contributed by atoms with Gasteiger partial charge >= 0.3 is 0 Å². The summed E-state index contributed by atoms with van der Waals surface area (Å²) in [6.45, 7) is 5.23. The topological polar surface area (TPSA) is 44.3 Å². The van der Waals surface area contributed by atoms with Gasteiger partial charge in [-0.1, -0.05) is 11.8 Å². The van der Waals surface area contributed by atoms with E-state index in [-0.39, 0.29) is 0 Å². The second-order valence-corrected chi connectivity index (χ2v) is 5.36. The Hall–Kier alpha value is -1.01. The summed E-state index contributed by atoms with van der Waals surface area (Å²) in [6.07, 6.45) is 3.13. The van der Waals surface area contributed by atoms with E-state index in [0.29, 0.717) is 0 Å². The number of hydrogen-bond donors (Lipinski definition) is 1. The molecule has 1 heterocycles. The van der Waals surface area contributed by atoms with Crippen LogP contribution in [0.15, 0.2) is 11.2 Å². The van der Waals surface area contributed by atoms with Crippen molar-refractivity contribution in [2.45, 2.75) is 18.5 Å². The molecule has 0 aromatic carbocycles. The van der Waals surface area contributed by atoms with Crippen molar-refractivity contribution in [3.8, 4) is 0 Å². The largest absolute Gasteiger partial charge is 0.373 e. The van der Waals surface area contributed by atoms with Crippen LogP contribution in [0.1, 0.15) is 13.3 Å². The highest BCUT2D eigenvalue weighted by molar-refractivity contribution is 7.98. The zero-order valence-electron chi connectivity index (χ0n) is 12.6. The van der Waals surface area contributed by atoms with Gasteiger partial charge in [0.05, 0.1) is 0 Å². The van der Waals surface area contributed by atoms with E-state index in [1.165, 1.54) is 0 Å². The predicted octanol–water partition coefficient (Wildman–Crippen LogP) is 2.02. The molecule has 19 heavy (non-hydrogen) atoms. The number of thioether (sulfide) groups is 1. The molecule has 108 valence electrons. The van der Waals surface area contributed by atoms with Gasteiger partial charge in [-0.05, 0) is 40.2 Å². The third-order valence-electron chi connectivity index (χ3n) is 2.87. The number of nitrogens with one attached hydrogen (secondary N) is 1. The van der Waals surface area contributed by atoms with E-state index >= 15 is 0 Å². The summed E-state index contributed by atoms with van der Waals surface area (Å²) in [4.78, 5) is 13.5. The molecule has 0 saturated carbocycles. The number of hydrogen-bond acceptors (Lipinski definition) is 6. The summed E-state index contributed by atoms with van der Waals surface area (Å²) in [7, 11) is 6.09. The molecule has 6 heteroatoms. The molecule has 5 nitrogen and oxygen atoms in total. The van der Waals surface area contributed by atoms with Crippen molar-refractivity contribution in [1.82, 2.24) is 14.9 Å². The van der Waals surface area contributed by atoms with Crippen molar-refractivity contribution in [1.29, 1.82) is 0 Å². The number of nitrogens with zero attached hydrogens (tertiary/aromatic N) is 4. The second kappa shape index (κ2) is 8.22. The predicted molar refractivity (Wildman–Crippen MR) is 84.4 cm³/mol. The van der Waals surface area contributed by atoms with E-state index < -0.39 is 0 Å². The van der Waals surface area contributed by atoms with Gasteiger partial charge in [0.1, 0.15) is 11.6 Å². The molecule has 0 amide bonds. The first-order valence-electron chi connectivity index (χ1n) is 6.61. The fraction of sp³-hybridized carbons (Fsp3) is 0.692. The van der Waals surface area contributed by atoms with E-state index in [9.17, 15) is 0 Å². The van der Waals surface area contributed by atoms with Gasteiger partial charge in [0.15, 0.2) is 5.16 Å². The summed E-state index contributed by atoms with van der Waals surface area (Å²) in [5, 5.41) is 3.91. The summed E-state index contributed by atoms with van der Waals surface area (Å²) in [5.74, 6) is 1.88. The lowest BCUT2D eigenvalue weighted by atomic mass is 10.3. The maximum atomic E-state index is 4.59. The SMILES string of the molecule is CCN(CCCN(C)C)c1cc(NC)nc(SC)n1. The minimum atomic E-state index is 0.813. The van der Waals surface area contributed by atoms with Crippen molar-refractivity contribution >= 4 is 23.4 Å². The van der Waals surface area contributed by atoms with Crippen LogP contribution in [-0.4, -0.2) is 61.9 Å². The summed E-state index contributed by atoms with van der Waals surface area (Å²) in [5.41, 5.74) is 0. The van der Waals surface area contributed by atoms with Crippen LogP contribution in [0.5, 0.6) is 0 Å². The van der Waals surface area contributed by atoms with Gasteiger partial charge in [0, 0.05) is 26.2 Å². The standard InChI is InChI=1S/C13H25N5S/c1-6-18(9-7-8-17(3)4)12-10-11(14-2)15-13(16-12)19-5/h10H,6-9H2,1-5H3,(H,14,15,16). The molecular formula is C13H25N5S. The molecule has 1 aromatic rings. The molecular weight excluding hydrogens is 258 g/mol. The zero-order valence-corrected chi connectivity index (χ0v) is 13.4. The molecule has 0 aliphatic heterocycles. The van der Waals surface area contributed by atoms with Gasteiger partial charge < -0.3 is 15.1 Å². The normalized spacial score (nSPS) is 10.8. The smallest absolute Gasteiger partial charge is 0.191 e. The first-order valence-corrected chi connectivity index (χ1v) is 7.83. The molecule has 1 aromatic heterocycles. The molecule has 0 saturated heterocycles. The summed E-state index contributed by atoms with van der Waals surface area (Å²) < 4.78 is 0. The van der Waals surface area contributed by atoms with Gasteiger partial charge in [-0.25, -0.2) is 9.97 Å². The molecule has 0 spiro atoms. The van der Waals surface area contributed by atoms with E-state index in [1.54, 1.807) is 11.8 Å². The van der Waals surface area contributed by atoms with Crippen molar-refractivity contribution in [2.75, 3.05) is 57.2 Å². The molecule has 0 aliphatic rings. The van der Waals surface area contributed by atoms with Crippen LogP contribution in [-0.2, 0) is 0 Å². The van der Waals surface area contributed by atoms with Crippen molar-refractivity contribution in [3.05, 3.63) is 6.07 Å². The Morgan fingerprint density at radius 1 is 1.26 bits per heavy atom. The lowest BCUT2D eigenvalue weighted by Gasteiger charge is -2.23. The highest BCUT2D eigenvalue weighted by Crippen LogP contribution is 2.20. The molecule has 0 bridgehead atoms. The Balaban J connectivity index is 2.78. The maximum absolute atomic E-state index is 4.59. The molecule has 0 radical (unpaired) electrons. The lowest BCUT2D eigenvalue weighted by molar-refractivity contribution is 0.400. The Morgan fingerprint density at radius 3 is 2.53 bits per heavy atom. The van der Waals surface area contributed by atoms with Crippen LogP contribution < -0.4 is 10.2 Å². The average Bonchev–Trinajstić information content (AvgIpc) is 2.42. The van der Waals surface area contributed by atoms with E-state index in [1.807, 2.05) is 19.4 Å². The van der Waals surface area contributed by atoms with E-state index in [4.69, 9.17) is 0 Å². The Morgan fingerprint density at radius 2 is 2.00 bits per heavy atom. The molecule has 1 rings (SSSR count). The van der Waals surface area contributed by atoms with Crippen LogP contribution in [0.2, 0.25) is 0 Å². The Labute approximate surface area is 120 Å². The first-order chi connectivity index (χ1) is 9.10. The summed E-state index contributed by atoms with van der Waals surface area (Å²) in [6, 6.07) is 2.01. The lowest BCUT2D eigenvalue weighted by Crippen LogP contribution is -2.28. The van der Waals surface area contributed by atoms with Gasteiger partial charge in [-0.15, -0.1) is 0 Å². The Kier molecular flexibility index (Phi) is 6.94. The highest BCUT2D eigenvalue weighted by Gasteiger charge is 2.09. The fourth-order valence-electron chi connectivity index (χ4n) is 1.81. The molecule has 0 aliphatic carbocycles. The molecule has 0 fully saturated rings. The number of aromatic nitrogens is 2. The molecule has 0 unspecified atom stereocenters. The van der Waals surface area contributed by atoms with Crippen LogP contribution in [0.4, 0.5) is 11.6 Å². The minimum Gasteiger partial charge on any atom is -0.373 e. The second-order valence-electron chi connectivity index (χ2n) is 4.58. The first kappa shape index (κ1) is 16.0. The third-order valence-corrected chi connectivity index (χ3v) is 3.42. The number of anilines is 2. The third kappa shape index (κ3) is 5.24. The van der Waals surface area contributed by atoms with Crippen LogP contribution >= 0.6 is 11.8 Å². The average molecular weight is 283 g/mol. The van der Waals surface area contributed by atoms with E-state index in [0.717, 1.165) is 42.8 Å². The van der Waals surface area contributed by atoms with Crippen molar-refractivity contribution < 1.29 is 0 Å². The van der Waals surface area contributed by atoms with Gasteiger partial charge in [-0.3, -0.25) is 0 Å². The fourth-order valence-corrected chi connectivity index (χ4v) is 2.18. The van der Waals surface area contributed by atoms with Crippen LogP contribution in [0.3, 0.4) is 0 Å². The minimum absolute atomic E-state index is 0.813. The quantitative estimate of drug-likeness (QED) is 0.582.